The lowest BCUT2D eigenvalue weighted by atomic mass is 9.89. The van der Waals surface area contributed by atoms with E-state index in [-0.39, 0.29) is 6.42 Å². The van der Waals surface area contributed by atoms with Crippen LogP contribution in [0.15, 0.2) is 0 Å². The Morgan fingerprint density at radius 3 is 3.04 bits per heavy atom. The van der Waals surface area contributed by atoms with Gasteiger partial charge in [0, 0.05) is 11.3 Å². The highest BCUT2D eigenvalue weighted by Crippen LogP contribution is 2.38. The van der Waals surface area contributed by atoms with Gasteiger partial charge in [-0.05, 0) is 37.7 Å². The minimum Gasteiger partial charge on any atom is -0.481 e. The van der Waals surface area contributed by atoms with Gasteiger partial charge in [0.15, 0.2) is 11.5 Å². The van der Waals surface area contributed by atoms with E-state index >= 15 is 0 Å². The summed E-state index contributed by atoms with van der Waals surface area (Å²) in [5.74, 6) is 1.23. The number of nitrogens with zero attached hydrogens (tertiary/aromatic N) is 4. The van der Waals surface area contributed by atoms with E-state index in [0.717, 1.165) is 34.5 Å². The normalized spacial score (nSPS) is 17.7. The van der Waals surface area contributed by atoms with E-state index < -0.39 is 5.97 Å². The second-order valence-corrected chi connectivity index (χ2v) is 7.43. The molecule has 0 spiro atoms. The molecule has 1 N–H and O–H groups in total. The van der Waals surface area contributed by atoms with Gasteiger partial charge in [-0.1, -0.05) is 6.92 Å². The molecule has 120 valence electrons. The maximum Gasteiger partial charge on any atom is 0.303 e. The van der Waals surface area contributed by atoms with Crippen LogP contribution < -0.4 is 0 Å². The van der Waals surface area contributed by atoms with Crippen LogP contribution in [0.1, 0.15) is 41.9 Å². The topological polar surface area (TPSA) is 80.4 Å². The van der Waals surface area contributed by atoms with Crippen LogP contribution in [0.2, 0.25) is 0 Å². The molecule has 1 atom stereocenters. The summed E-state index contributed by atoms with van der Waals surface area (Å²) in [5, 5.41) is 14.4. The Kier molecular flexibility index (Phi) is 3.33. The van der Waals surface area contributed by atoms with Crippen LogP contribution in [0, 0.1) is 12.8 Å². The zero-order chi connectivity index (χ0) is 16.1. The molecule has 4 rings (SSSR count). The van der Waals surface area contributed by atoms with Crippen molar-refractivity contribution in [1.82, 2.24) is 19.6 Å². The van der Waals surface area contributed by atoms with Crippen LogP contribution in [-0.4, -0.2) is 30.7 Å². The predicted octanol–water partition coefficient (Wildman–Crippen LogP) is 2.79. The van der Waals surface area contributed by atoms with Crippen LogP contribution in [0.3, 0.4) is 0 Å². The average Bonchev–Trinajstić information content (AvgIpc) is 3.06. The van der Waals surface area contributed by atoms with Crippen molar-refractivity contribution in [3.63, 3.8) is 0 Å². The summed E-state index contributed by atoms with van der Waals surface area (Å²) in [6.07, 6.45) is 3.80. The van der Waals surface area contributed by atoms with E-state index in [1.807, 2.05) is 6.92 Å². The molecule has 0 aromatic carbocycles. The average molecular weight is 330 g/mol. The third-order valence-electron chi connectivity index (χ3n) is 4.50. The molecular weight excluding hydrogens is 312 g/mol. The lowest BCUT2D eigenvalue weighted by molar-refractivity contribution is -0.137. The van der Waals surface area contributed by atoms with Gasteiger partial charge in [0.2, 0.25) is 0 Å². The lowest BCUT2D eigenvalue weighted by Crippen LogP contribution is -2.09. The second-order valence-electron chi connectivity index (χ2n) is 6.35. The van der Waals surface area contributed by atoms with Gasteiger partial charge in [-0.3, -0.25) is 4.79 Å². The number of carboxylic acids is 1. The number of aryl methyl sites for hydroxylation is 3. The number of hydrogen-bond acceptors (Lipinski definition) is 5. The highest BCUT2D eigenvalue weighted by atomic mass is 32.1. The zero-order valence-corrected chi connectivity index (χ0v) is 14.0. The number of fused-ring (bicyclic) bond motifs is 5. The van der Waals surface area contributed by atoms with Gasteiger partial charge >= 0.3 is 5.97 Å². The Morgan fingerprint density at radius 2 is 2.26 bits per heavy atom. The van der Waals surface area contributed by atoms with Gasteiger partial charge in [0.1, 0.15) is 10.7 Å². The van der Waals surface area contributed by atoms with Gasteiger partial charge in [-0.2, -0.15) is 4.52 Å². The molecular formula is C16H18N4O2S. The fraction of sp³-hybridized carbons (Fsp3) is 0.500. The SMILES string of the molecule is Cc1nc2sc3c(c2c2nc(CCC(=O)O)nn12)CC(C)CC3. The van der Waals surface area contributed by atoms with E-state index in [1.165, 1.54) is 16.9 Å². The number of hydrogen-bond donors (Lipinski definition) is 1. The Morgan fingerprint density at radius 1 is 1.43 bits per heavy atom. The Balaban J connectivity index is 1.92. The molecule has 23 heavy (non-hydrogen) atoms. The van der Waals surface area contributed by atoms with Crippen LogP contribution in [-0.2, 0) is 24.1 Å². The van der Waals surface area contributed by atoms with Gasteiger partial charge < -0.3 is 5.11 Å². The molecule has 7 heteroatoms. The predicted molar refractivity (Wildman–Crippen MR) is 88.0 cm³/mol. The molecule has 0 saturated heterocycles. The smallest absolute Gasteiger partial charge is 0.303 e. The first-order valence-electron chi connectivity index (χ1n) is 7.91. The van der Waals surface area contributed by atoms with Crippen molar-refractivity contribution in [3.05, 3.63) is 22.1 Å². The highest BCUT2D eigenvalue weighted by Gasteiger charge is 2.24. The summed E-state index contributed by atoms with van der Waals surface area (Å²) < 4.78 is 1.77. The zero-order valence-electron chi connectivity index (χ0n) is 13.2. The highest BCUT2D eigenvalue weighted by molar-refractivity contribution is 7.19. The fourth-order valence-electron chi connectivity index (χ4n) is 3.31. The molecule has 1 unspecified atom stereocenters. The molecule has 0 radical (unpaired) electrons. The number of carbonyl (C=O) groups is 1. The third-order valence-corrected chi connectivity index (χ3v) is 5.68. The summed E-state index contributed by atoms with van der Waals surface area (Å²) in [4.78, 5) is 22.6. The first kappa shape index (κ1) is 14.6. The first-order chi connectivity index (χ1) is 11.0. The molecule has 3 aromatic heterocycles. The van der Waals surface area contributed by atoms with E-state index in [9.17, 15) is 4.79 Å². The molecule has 0 aliphatic heterocycles. The van der Waals surface area contributed by atoms with E-state index in [4.69, 9.17) is 10.1 Å². The molecule has 0 amide bonds. The molecule has 1 aliphatic rings. The number of aromatic nitrogens is 4. The van der Waals surface area contributed by atoms with Crippen LogP contribution in [0.4, 0.5) is 0 Å². The van der Waals surface area contributed by atoms with E-state index in [0.29, 0.717) is 18.2 Å². The second kappa shape index (κ2) is 5.26. The Labute approximate surface area is 137 Å². The van der Waals surface area contributed by atoms with Crippen LogP contribution in [0.5, 0.6) is 0 Å². The van der Waals surface area contributed by atoms with Gasteiger partial charge in [0.25, 0.3) is 0 Å². The van der Waals surface area contributed by atoms with Crippen molar-refractivity contribution in [3.8, 4) is 0 Å². The van der Waals surface area contributed by atoms with E-state index in [2.05, 4.69) is 17.0 Å². The van der Waals surface area contributed by atoms with Gasteiger partial charge in [-0.25, -0.2) is 9.97 Å². The van der Waals surface area contributed by atoms with Gasteiger partial charge in [0.05, 0.1) is 11.8 Å². The molecule has 0 bridgehead atoms. The van der Waals surface area contributed by atoms with Crippen molar-refractivity contribution in [2.45, 2.75) is 46.0 Å². The van der Waals surface area contributed by atoms with Crippen molar-refractivity contribution < 1.29 is 9.90 Å². The lowest BCUT2D eigenvalue weighted by Gasteiger charge is -2.17. The van der Waals surface area contributed by atoms with Crippen LogP contribution >= 0.6 is 11.3 Å². The van der Waals surface area contributed by atoms with Crippen molar-refractivity contribution in [2.75, 3.05) is 0 Å². The van der Waals surface area contributed by atoms with E-state index in [1.54, 1.807) is 15.9 Å². The number of thiophene rings is 1. The third kappa shape index (κ3) is 2.39. The maximum absolute atomic E-state index is 10.8. The largest absolute Gasteiger partial charge is 0.481 e. The van der Waals surface area contributed by atoms with Crippen molar-refractivity contribution in [1.29, 1.82) is 0 Å². The van der Waals surface area contributed by atoms with Gasteiger partial charge in [-0.15, -0.1) is 16.4 Å². The maximum atomic E-state index is 10.8. The first-order valence-corrected chi connectivity index (χ1v) is 8.73. The summed E-state index contributed by atoms with van der Waals surface area (Å²) in [5.41, 5.74) is 2.21. The molecule has 1 aliphatic carbocycles. The summed E-state index contributed by atoms with van der Waals surface area (Å²) in [7, 11) is 0. The molecule has 3 aromatic rings. The quantitative estimate of drug-likeness (QED) is 0.798. The Bertz CT molecular complexity index is 927. The monoisotopic (exact) mass is 330 g/mol. The minimum absolute atomic E-state index is 0.0469. The number of carboxylic acid groups (broad SMARTS) is 1. The van der Waals surface area contributed by atoms with Crippen LogP contribution in [0.25, 0.3) is 15.9 Å². The summed E-state index contributed by atoms with van der Waals surface area (Å²) >= 11 is 1.77. The standard InChI is InChI=1S/C16H18N4O2S/c1-8-3-4-11-10(7-8)14-15-18-12(5-6-13(21)22)19-20(15)9(2)17-16(14)23-11/h8H,3-7H2,1-2H3,(H,21,22). The summed E-state index contributed by atoms with van der Waals surface area (Å²) in [6, 6.07) is 0. The molecule has 3 heterocycles. The molecule has 0 fully saturated rings. The molecule has 6 nitrogen and oxygen atoms in total. The Hall–Kier alpha value is -2.02. The number of rotatable bonds is 3. The van der Waals surface area contributed by atoms with Crippen molar-refractivity contribution in [2.24, 2.45) is 5.92 Å². The van der Waals surface area contributed by atoms with Crippen molar-refractivity contribution >= 4 is 33.2 Å². The fourth-order valence-corrected chi connectivity index (χ4v) is 4.57. The number of aliphatic carboxylic acids is 1. The molecule has 0 saturated carbocycles. The minimum atomic E-state index is -0.828. The summed E-state index contributed by atoms with van der Waals surface area (Å²) in [6.45, 7) is 4.21.